The number of carbonyl (C=O) groups is 2. The number of ether oxygens (including phenoxy) is 1. The summed E-state index contributed by atoms with van der Waals surface area (Å²) < 4.78 is 5.13. The van der Waals surface area contributed by atoms with Crippen LogP contribution in [0.3, 0.4) is 0 Å². The van der Waals surface area contributed by atoms with Crippen LogP contribution in [0.25, 0.3) is 0 Å². The molecule has 0 aromatic heterocycles. The summed E-state index contributed by atoms with van der Waals surface area (Å²) in [7, 11) is 0. The maximum Gasteiger partial charge on any atom is 0.411 e. The fourth-order valence-corrected chi connectivity index (χ4v) is 2.33. The Morgan fingerprint density at radius 2 is 1.88 bits per heavy atom. The third-order valence-corrected chi connectivity index (χ3v) is 3.57. The number of hydrogen-bond donors (Lipinski definition) is 3. The molecule has 1 saturated heterocycles. The van der Waals surface area contributed by atoms with Crippen molar-refractivity contribution in [2.24, 2.45) is 5.73 Å². The minimum absolute atomic E-state index is 0.0502. The maximum absolute atomic E-state index is 11.8. The summed E-state index contributed by atoms with van der Waals surface area (Å²) in [6, 6.07) is 8.98. The molecule has 1 aliphatic heterocycles. The molecule has 2 rings (SSSR count). The third kappa shape index (κ3) is 7.53. The number of carboxylic acids is 1. The number of benzene rings is 1. The van der Waals surface area contributed by atoms with Gasteiger partial charge >= 0.3 is 12.1 Å². The first-order chi connectivity index (χ1) is 11.6. The van der Waals surface area contributed by atoms with Crippen molar-refractivity contribution in [1.82, 2.24) is 4.90 Å². The molecule has 0 spiro atoms. The van der Waals surface area contributed by atoms with Crippen molar-refractivity contribution < 1.29 is 24.5 Å². The summed E-state index contributed by atoms with van der Waals surface area (Å²) in [4.78, 5) is 24.0. The highest BCUT2D eigenvalue weighted by atomic mass is 16.6. The number of aliphatic hydroxyl groups is 1. The van der Waals surface area contributed by atoms with E-state index in [4.69, 9.17) is 15.6 Å². The smallest absolute Gasteiger partial charge is 0.411 e. The van der Waals surface area contributed by atoms with E-state index < -0.39 is 29.8 Å². The van der Waals surface area contributed by atoms with Crippen LogP contribution in [-0.2, 0) is 16.1 Å². The molecule has 2 unspecified atom stereocenters. The van der Waals surface area contributed by atoms with Gasteiger partial charge in [0.2, 0.25) is 0 Å². The highest BCUT2D eigenvalue weighted by Crippen LogP contribution is 2.21. The molecule has 1 aromatic rings. The van der Waals surface area contributed by atoms with Crippen LogP contribution in [0.2, 0.25) is 0 Å². The first-order valence-electron chi connectivity index (χ1n) is 8.28. The van der Waals surface area contributed by atoms with Gasteiger partial charge in [-0.2, -0.15) is 0 Å². The molecule has 0 aliphatic carbocycles. The van der Waals surface area contributed by atoms with Crippen LogP contribution >= 0.6 is 0 Å². The summed E-state index contributed by atoms with van der Waals surface area (Å²) in [5.74, 6) is -1.12. The van der Waals surface area contributed by atoms with E-state index in [0.29, 0.717) is 13.0 Å². The zero-order valence-corrected chi connectivity index (χ0v) is 15.0. The fourth-order valence-electron chi connectivity index (χ4n) is 2.33. The highest BCUT2D eigenvalue weighted by Gasteiger charge is 2.37. The molecule has 7 heteroatoms. The van der Waals surface area contributed by atoms with E-state index >= 15 is 0 Å². The Morgan fingerprint density at radius 1 is 1.28 bits per heavy atom. The Kier molecular flexibility index (Phi) is 7.86. The molecule has 1 heterocycles. The Hall–Kier alpha value is -2.12. The van der Waals surface area contributed by atoms with Gasteiger partial charge in [-0.1, -0.05) is 30.3 Å². The van der Waals surface area contributed by atoms with Gasteiger partial charge in [-0.25, -0.2) is 9.59 Å². The number of aliphatic carboxylic acids is 1. The number of aliphatic hydroxyl groups excluding tert-OH is 1. The van der Waals surface area contributed by atoms with Crippen molar-refractivity contribution in [3.8, 4) is 0 Å². The topological polar surface area (TPSA) is 113 Å². The van der Waals surface area contributed by atoms with E-state index in [0.717, 1.165) is 0 Å². The van der Waals surface area contributed by atoms with Crippen LogP contribution in [0.1, 0.15) is 39.2 Å². The molecule has 0 radical (unpaired) electrons. The van der Waals surface area contributed by atoms with Crippen molar-refractivity contribution in [2.45, 2.75) is 57.9 Å². The number of carbonyl (C=O) groups excluding carboxylic acids is 1. The van der Waals surface area contributed by atoms with Gasteiger partial charge < -0.3 is 20.7 Å². The standard InChI is InChI=1S/C11H19NO5.C7H9N/c1-11(2,3)17-10(16)12-5-4-7(13)6-8(12)9(14)15;8-6-7-4-2-1-3-5-7/h7-8,13H,4-6H2,1-3H3,(H,14,15);1-5H,6,8H2. The number of nitrogens with two attached hydrogens (primary N) is 1. The van der Waals surface area contributed by atoms with Crippen molar-refractivity contribution in [1.29, 1.82) is 0 Å². The summed E-state index contributed by atoms with van der Waals surface area (Å²) in [5, 5.41) is 18.4. The second-order valence-corrected chi connectivity index (χ2v) is 6.90. The van der Waals surface area contributed by atoms with Crippen LogP contribution < -0.4 is 5.73 Å². The molecule has 4 N–H and O–H groups in total. The predicted molar refractivity (Wildman–Crippen MR) is 93.9 cm³/mol. The lowest BCUT2D eigenvalue weighted by molar-refractivity contribution is -0.146. The van der Waals surface area contributed by atoms with Gasteiger partial charge in [-0.05, 0) is 32.8 Å². The number of carboxylic acid groups (broad SMARTS) is 1. The molecule has 25 heavy (non-hydrogen) atoms. The van der Waals surface area contributed by atoms with E-state index in [-0.39, 0.29) is 13.0 Å². The van der Waals surface area contributed by atoms with Crippen LogP contribution in [-0.4, -0.2) is 51.5 Å². The van der Waals surface area contributed by atoms with E-state index in [1.165, 1.54) is 10.5 Å². The fraction of sp³-hybridized carbons (Fsp3) is 0.556. The van der Waals surface area contributed by atoms with Crippen LogP contribution in [0.15, 0.2) is 30.3 Å². The Balaban J connectivity index is 0.000000324. The van der Waals surface area contributed by atoms with Gasteiger partial charge in [0.1, 0.15) is 11.6 Å². The molecule has 1 fully saturated rings. The van der Waals surface area contributed by atoms with E-state index in [9.17, 15) is 14.7 Å². The van der Waals surface area contributed by atoms with Crippen molar-refractivity contribution >= 4 is 12.1 Å². The van der Waals surface area contributed by atoms with Gasteiger partial charge in [0.15, 0.2) is 0 Å². The van der Waals surface area contributed by atoms with Crippen molar-refractivity contribution in [3.63, 3.8) is 0 Å². The summed E-state index contributed by atoms with van der Waals surface area (Å²) in [6.45, 7) is 6.01. The SMILES string of the molecule is CC(C)(C)OC(=O)N1CCC(O)CC1C(=O)O.NCc1ccccc1. The van der Waals surface area contributed by atoms with Gasteiger partial charge in [-0.15, -0.1) is 0 Å². The van der Waals surface area contributed by atoms with E-state index in [1.54, 1.807) is 20.8 Å². The van der Waals surface area contributed by atoms with Crippen LogP contribution in [0.5, 0.6) is 0 Å². The summed E-state index contributed by atoms with van der Waals surface area (Å²) in [5.41, 5.74) is 5.88. The third-order valence-electron chi connectivity index (χ3n) is 3.57. The number of likely N-dealkylation sites (tertiary alicyclic amines) is 1. The minimum atomic E-state index is -1.12. The van der Waals surface area contributed by atoms with Gasteiger partial charge in [0, 0.05) is 19.5 Å². The minimum Gasteiger partial charge on any atom is -0.480 e. The zero-order valence-electron chi connectivity index (χ0n) is 15.0. The first kappa shape index (κ1) is 20.9. The Morgan fingerprint density at radius 3 is 2.32 bits per heavy atom. The van der Waals surface area contributed by atoms with Crippen molar-refractivity contribution in [3.05, 3.63) is 35.9 Å². The van der Waals surface area contributed by atoms with Gasteiger partial charge in [0.25, 0.3) is 0 Å². The Bertz CT molecular complexity index is 556. The zero-order chi connectivity index (χ0) is 19.0. The average molecular weight is 352 g/mol. The monoisotopic (exact) mass is 352 g/mol. The molecule has 0 saturated carbocycles. The largest absolute Gasteiger partial charge is 0.480 e. The second kappa shape index (κ2) is 9.39. The van der Waals surface area contributed by atoms with Crippen LogP contribution in [0, 0.1) is 0 Å². The second-order valence-electron chi connectivity index (χ2n) is 6.90. The molecule has 2 atom stereocenters. The summed E-state index contributed by atoms with van der Waals surface area (Å²) >= 11 is 0. The first-order valence-corrected chi connectivity index (χ1v) is 8.28. The Labute approximate surface area is 148 Å². The van der Waals surface area contributed by atoms with Crippen molar-refractivity contribution in [2.75, 3.05) is 6.54 Å². The quantitative estimate of drug-likeness (QED) is 0.750. The number of amides is 1. The number of piperidine rings is 1. The number of hydrogen-bond acceptors (Lipinski definition) is 5. The molecule has 0 bridgehead atoms. The van der Waals surface area contributed by atoms with Gasteiger partial charge in [-0.3, -0.25) is 4.90 Å². The predicted octanol–water partition coefficient (Wildman–Crippen LogP) is 1.98. The average Bonchev–Trinajstić information content (AvgIpc) is 2.54. The molecule has 140 valence electrons. The lowest BCUT2D eigenvalue weighted by Crippen LogP contribution is -2.52. The van der Waals surface area contributed by atoms with E-state index in [2.05, 4.69) is 0 Å². The normalized spacial score (nSPS) is 20.3. The molecular formula is C18H28N2O5. The molecular weight excluding hydrogens is 324 g/mol. The molecule has 1 aromatic carbocycles. The maximum atomic E-state index is 11.8. The molecule has 7 nitrogen and oxygen atoms in total. The number of rotatable bonds is 2. The number of nitrogens with zero attached hydrogens (tertiary/aromatic N) is 1. The van der Waals surface area contributed by atoms with Crippen LogP contribution in [0.4, 0.5) is 4.79 Å². The molecule has 1 aliphatic rings. The van der Waals surface area contributed by atoms with E-state index in [1.807, 2.05) is 30.3 Å². The lowest BCUT2D eigenvalue weighted by atomic mass is 10.0. The summed E-state index contributed by atoms with van der Waals surface area (Å²) in [6.07, 6.45) is -0.885. The molecule has 1 amide bonds. The highest BCUT2D eigenvalue weighted by molar-refractivity contribution is 5.80. The van der Waals surface area contributed by atoms with Gasteiger partial charge in [0.05, 0.1) is 6.10 Å². The lowest BCUT2D eigenvalue weighted by Gasteiger charge is -2.36.